The molecule has 1 saturated heterocycles. The van der Waals surface area contributed by atoms with Crippen molar-refractivity contribution in [2.24, 2.45) is 17.3 Å². The van der Waals surface area contributed by atoms with Gasteiger partial charge in [-0.3, -0.25) is 28.7 Å². The van der Waals surface area contributed by atoms with E-state index in [1.807, 2.05) is 12.1 Å². The molecule has 2 heterocycles. The van der Waals surface area contributed by atoms with E-state index in [1.54, 1.807) is 66.1 Å². The van der Waals surface area contributed by atoms with Gasteiger partial charge in [-0.15, -0.1) is 6.58 Å². The molecule has 3 fully saturated rings. The lowest BCUT2D eigenvalue weighted by molar-refractivity contribution is -0.159. The second-order valence-electron chi connectivity index (χ2n) is 15.9. The molecular formula is C40H51N3O10S. The van der Waals surface area contributed by atoms with Gasteiger partial charge in [0.15, 0.2) is 11.6 Å². The van der Waals surface area contributed by atoms with Crippen LogP contribution >= 0.6 is 0 Å². The second kappa shape index (κ2) is 16.0. The highest BCUT2D eigenvalue weighted by Crippen LogP contribution is 2.57. The number of ether oxygens (including phenoxy) is 3. The van der Waals surface area contributed by atoms with Crippen LogP contribution in [0, 0.1) is 17.3 Å². The van der Waals surface area contributed by atoms with Crippen LogP contribution in [-0.2, 0) is 38.7 Å². The van der Waals surface area contributed by atoms with E-state index in [-0.39, 0.29) is 56.7 Å². The number of carbonyl (C=O) groups is 5. The van der Waals surface area contributed by atoms with Crippen LogP contribution in [0.1, 0.15) is 86.0 Å². The molecule has 2 aliphatic carbocycles. The molecule has 0 spiro atoms. The molecule has 292 valence electrons. The Balaban J connectivity index is 1.46. The molecule has 2 amide bonds. The van der Waals surface area contributed by atoms with Crippen LogP contribution in [0.2, 0.25) is 0 Å². The van der Waals surface area contributed by atoms with Crippen LogP contribution in [0.25, 0.3) is 10.8 Å². The molecule has 1 N–H and O–H groups in total. The first-order valence-electron chi connectivity index (χ1n) is 18.4. The van der Waals surface area contributed by atoms with Gasteiger partial charge in [0.25, 0.3) is 0 Å². The molecule has 5 rings (SSSR count). The molecule has 0 unspecified atom stereocenters. The van der Waals surface area contributed by atoms with Gasteiger partial charge in [0, 0.05) is 36.8 Å². The Morgan fingerprint density at radius 1 is 1.13 bits per heavy atom. The van der Waals surface area contributed by atoms with Crippen molar-refractivity contribution in [1.29, 1.82) is 0 Å². The lowest BCUT2D eigenvalue weighted by Gasteiger charge is -2.29. The zero-order valence-electron chi connectivity index (χ0n) is 31.9. The second-order valence-corrected chi connectivity index (χ2v) is 17.9. The molecule has 1 aromatic carbocycles. The number of fused-ring (bicyclic) bond motifs is 1. The van der Waals surface area contributed by atoms with Crippen molar-refractivity contribution in [3.63, 3.8) is 0 Å². The van der Waals surface area contributed by atoms with E-state index >= 15 is 0 Å². The number of Topliss-reactive ketones (excluding diaryl/α,β-unsaturated/α-hetero) is 1. The first-order valence-corrected chi connectivity index (χ1v) is 19.9. The lowest BCUT2D eigenvalue weighted by Crippen LogP contribution is -2.46. The number of esters is 1. The summed E-state index contributed by atoms with van der Waals surface area (Å²) in [7, 11) is -2.34. The maximum absolute atomic E-state index is 14.6. The number of nitrogens with one attached hydrogen (secondary N) is 1. The lowest BCUT2D eigenvalue weighted by atomic mass is 9.90. The highest BCUT2D eigenvalue weighted by atomic mass is 32.2. The summed E-state index contributed by atoms with van der Waals surface area (Å²) in [6.07, 6.45) is 4.42. The van der Waals surface area contributed by atoms with Crippen LogP contribution in [0.4, 0.5) is 0 Å². The van der Waals surface area contributed by atoms with Crippen molar-refractivity contribution >= 4 is 50.1 Å². The minimum Gasteiger partial charge on any atom is -0.497 e. The summed E-state index contributed by atoms with van der Waals surface area (Å²) in [6.45, 7) is 12.5. The van der Waals surface area contributed by atoms with Crippen molar-refractivity contribution in [2.45, 2.75) is 109 Å². The summed E-state index contributed by atoms with van der Waals surface area (Å²) in [5.41, 5.74) is -1.37. The Morgan fingerprint density at radius 2 is 1.85 bits per heavy atom. The van der Waals surface area contributed by atoms with Crippen LogP contribution in [0.15, 0.2) is 54.8 Å². The Hall–Kier alpha value is -4.59. The van der Waals surface area contributed by atoms with E-state index in [0.29, 0.717) is 24.0 Å². The monoisotopic (exact) mass is 765 g/mol. The number of nitrogens with zero attached hydrogens (tertiary/aromatic N) is 2. The minimum absolute atomic E-state index is 0.0156. The Kier molecular flexibility index (Phi) is 12.0. The van der Waals surface area contributed by atoms with E-state index in [9.17, 15) is 32.4 Å². The zero-order chi connectivity index (χ0) is 39.6. The molecule has 0 bridgehead atoms. The third-order valence-corrected chi connectivity index (χ3v) is 11.9. The van der Waals surface area contributed by atoms with Crippen molar-refractivity contribution in [1.82, 2.24) is 14.6 Å². The number of amides is 2. The van der Waals surface area contributed by atoms with Gasteiger partial charge >= 0.3 is 5.97 Å². The zero-order valence-corrected chi connectivity index (χ0v) is 32.7. The number of aromatic nitrogens is 1. The number of methoxy groups -OCH3 is 1. The minimum atomic E-state index is -3.88. The summed E-state index contributed by atoms with van der Waals surface area (Å²) < 4.78 is 45.0. The highest BCUT2D eigenvalue weighted by molar-refractivity contribution is 7.90. The molecule has 5 atom stereocenters. The molecular weight excluding hydrogens is 715 g/mol. The van der Waals surface area contributed by atoms with Crippen molar-refractivity contribution in [3.05, 3.63) is 54.8 Å². The van der Waals surface area contributed by atoms with E-state index in [2.05, 4.69) is 16.3 Å². The van der Waals surface area contributed by atoms with Gasteiger partial charge in [-0.1, -0.05) is 17.7 Å². The number of ketones is 2. The van der Waals surface area contributed by atoms with Gasteiger partial charge in [0.05, 0.1) is 36.8 Å². The fourth-order valence-corrected chi connectivity index (χ4v) is 8.47. The number of carbonyl (C=O) groups excluding carboxylic acids is 5. The predicted octanol–water partition coefficient (Wildman–Crippen LogP) is 5.02. The van der Waals surface area contributed by atoms with E-state index in [4.69, 9.17) is 14.2 Å². The maximum atomic E-state index is 14.6. The summed E-state index contributed by atoms with van der Waals surface area (Å²) in [4.78, 5) is 74.2. The topological polar surface area (TPSA) is 175 Å². The number of allylic oxidation sites excluding steroid dienone is 3. The molecule has 2 saturated carbocycles. The van der Waals surface area contributed by atoms with E-state index in [0.717, 1.165) is 11.0 Å². The predicted molar refractivity (Wildman–Crippen MR) is 201 cm³/mol. The van der Waals surface area contributed by atoms with Crippen LogP contribution in [0.3, 0.4) is 0 Å². The molecule has 1 aromatic heterocycles. The third kappa shape index (κ3) is 9.74. The van der Waals surface area contributed by atoms with Crippen LogP contribution < -0.4 is 14.2 Å². The van der Waals surface area contributed by atoms with Gasteiger partial charge in [0.2, 0.25) is 27.7 Å². The number of likely N-dealkylation sites (tertiary alicyclic amines) is 1. The Labute approximate surface area is 316 Å². The summed E-state index contributed by atoms with van der Waals surface area (Å²) in [5.74, 6) is -3.18. The van der Waals surface area contributed by atoms with Crippen molar-refractivity contribution in [3.8, 4) is 11.6 Å². The Bertz CT molecular complexity index is 1960. The SMILES string of the molecule is C=C[C@@H]1C[C@]1(CC(=O)[C@@H]1C[C@@H](Oc2nccc3ccc(OC)cc23)CN1C(=O)[C@H](CCC(=O)C=C(C)C)CC(=O)OC(C)(C)C)C(=O)NS(=O)(=O)C1CC1. The number of pyridine rings is 1. The largest absolute Gasteiger partial charge is 0.497 e. The van der Waals surface area contributed by atoms with Gasteiger partial charge < -0.3 is 19.1 Å². The quantitative estimate of drug-likeness (QED) is 0.130. The van der Waals surface area contributed by atoms with Gasteiger partial charge in [-0.2, -0.15) is 0 Å². The first-order chi connectivity index (χ1) is 25.4. The number of benzene rings is 1. The number of sulfonamides is 1. The van der Waals surface area contributed by atoms with Crippen molar-refractivity contribution in [2.75, 3.05) is 13.7 Å². The maximum Gasteiger partial charge on any atom is 0.307 e. The summed E-state index contributed by atoms with van der Waals surface area (Å²) in [6, 6.07) is 6.17. The van der Waals surface area contributed by atoms with E-state index in [1.165, 1.54) is 11.0 Å². The highest BCUT2D eigenvalue weighted by Gasteiger charge is 2.61. The molecule has 14 heteroatoms. The van der Waals surface area contributed by atoms with Gasteiger partial charge in [-0.25, -0.2) is 13.4 Å². The number of rotatable bonds is 17. The average Bonchev–Trinajstić information content (AvgIpc) is 4.02. The summed E-state index contributed by atoms with van der Waals surface area (Å²) >= 11 is 0. The molecule has 54 heavy (non-hydrogen) atoms. The van der Waals surface area contributed by atoms with E-state index < -0.39 is 73.8 Å². The van der Waals surface area contributed by atoms with Crippen LogP contribution in [0.5, 0.6) is 11.6 Å². The fourth-order valence-electron chi connectivity index (χ4n) is 7.08. The molecule has 0 radical (unpaired) electrons. The Morgan fingerprint density at radius 3 is 2.46 bits per heavy atom. The van der Waals surface area contributed by atoms with Gasteiger partial charge in [-0.05, 0) is 95.9 Å². The molecule has 3 aliphatic rings. The standard InChI is InChI=1S/C40H51N3O10S/c1-8-27-21-40(27,38(48)42-54(49,50)31-13-14-31)22-34(45)33-20-30(52-36-32-19-29(51-7)12-10-25(32)15-16-41-36)23-43(33)37(47)26(9-11-28(44)17-24(2)3)18-35(46)53-39(4,5)6/h8,10,12,15-17,19,26-27,30-31,33H,1,9,11,13-14,18,20-23H2,2-7H3,(H,42,48)/t26-,27-,30-,33+,40-/m1/s1. The van der Waals surface area contributed by atoms with Crippen molar-refractivity contribution < 1.29 is 46.6 Å². The normalized spacial score (nSPS) is 22.9. The molecule has 13 nitrogen and oxygen atoms in total. The van der Waals surface area contributed by atoms with Gasteiger partial charge in [0.1, 0.15) is 17.5 Å². The third-order valence-electron chi connectivity index (χ3n) is 10.1. The average molecular weight is 766 g/mol. The number of hydrogen-bond acceptors (Lipinski definition) is 11. The molecule has 2 aromatic rings. The van der Waals surface area contributed by atoms with Crippen LogP contribution in [-0.4, -0.2) is 84.3 Å². The first kappa shape index (κ1) is 40.6. The number of hydrogen-bond donors (Lipinski definition) is 1. The summed E-state index contributed by atoms with van der Waals surface area (Å²) in [5, 5.41) is 0.852. The smallest absolute Gasteiger partial charge is 0.307 e. The fraction of sp³-hybridized carbons (Fsp3) is 0.550. The molecule has 1 aliphatic heterocycles.